The summed E-state index contributed by atoms with van der Waals surface area (Å²) < 4.78 is 23.5. The fraction of sp³-hybridized carbons (Fsp3) is 0.318. The van der Waals surface area contributed by atoms with Crippen molar-refractivity contribution in [2.45, 2.75) is 26.8 Å². The molecule has 2 rings (SSSR count). The molecule has 2 aromatic rings. The molecular weight excluding hydrogens is 377 g/mol. The van der Waals surface area contributed by atoms with Crippen LogP contribution in [0.15, 0.2) is 48.5 Å². The normalized spacial score (nSPS) is 11.6. The van der Waals surface area contributed by atoms with E-state index in [2.05, 4.69) is 5.32 Å². The Labute approximate surface area is 169 Å². The average Bonchev–Trinajstić information content (AvgIpc) is 2.70. The molecule has 6 nitrogen and oxygen atoms in total. The Morgan fingerprint density at radius 1 is 1.03 bits per heavy atom. The molecular formula is C22H24FNO5. The van der Waals surface area contributed by atoms with E-state index >= 15 is 0 Å². The van der Waals surface area contributed by atoms with Crippen molar-refractivity contribution in [2.24, 2.45) is 5.92 Å². The Bertz CT molecular complexity index is 864. The van der Waals surface area contributed by atoms with E-state index in [0.29, 0.717) is 17.9 Å². The zero-order chi connectivity index (χ0) is 21.4. The number of para-hydroxylation sites is 1. The maximum absolute atomic E-state index is 13.0. The number of Topliss-reactive ketones (excluding diaryl/α,β-unsaturated/α-hetero) is 1. The van der Waals surface area contributed by atoms with Gasteiger partial charge in [0, 0.05) is 5.56 Å². The van der Waals surface area contributed by atoms with Gasteiger partial charge in [0.25, 0.3) is 5.91 Å². The minimum atomic E-state index is -0.946. The van der Waals surface area contributed by atoms with E-state index in [9.17, 15) is 18.8 Å². The third-order valence-electron chi connectivity index (χ3n) is 4.15. The highest BCUT2D eigenvalue weighted by molar-refractivity contribution is 6.00. The molecule has 1 amide bonds. The molecule has 0 fully saturated rings. The minimum Gasteiger partial charge on any atom is -0.493 e. The second-order valence-corrected chi connectivity index (χ2v) is 6.66. The summed E-state index contributed by atoms with van der Waals surface area (Å²) in [6.45, 7) is 5.20. The van der Waals surface area contributed by atoms with Crippen LogP contribution < -0.4 is 10.1 Å². The van der Waals surface area contributed by atoms with Crippen LogP contribution in [-0.4, -0.2) is 36.9 Å². The highest BCUT2D eigenvalue weighted by Crippen LogP contribution is 2.18. The summed E-state index contributed by atoms with van der Waals surface area (Å²) >= 11 is 0. The second-order valence-electron chi connectivity index (χ2n) is 6.66. The molecule has 0 bridgehead atoms. The van der Waals surface area contributed by atoms with E-state index < -0.39 is 36.1 Å². The van der Waals surface area contributed by atoms with Crippen molar-refractivity contribution < 1.29 is 28.2 Å². The summed E-state index contributed by atoms with van der Waals surface area (Å²) in [7, 11) is 0. The molecule has 0 aliphatic carbocycles. The third-order valence-corrected chi connectivity index (χ3v) is 4.15. The minimum absolute atomic E-state index is 0.231. The van der Waals surface area contributed by atoms with E-state index in [1.165, 1.54) is 12.1 Å². The van der Waals surface area contributed by atoms with Crippen LogP contribution in [0.25, 0.3) is 0 Å². The monoisotopic (exact) mass is 401 g/mol. The van der Waals surface area contributed by atoms with Gasteiger partial charge in [-0.2, -0.15) is 0 Å². The summed E-state index contributed by atoms with van der Waals surface area (Å²) in [5.74, 6) is -1.99. The van der Waals surface area contributed by atoms with Gasteiger partial charge in [0.1, 0.15) is 17.6 Å². The van der Waals surface area contributed by atoms with Crippen molar-refractivity contribution >= 4 is 17.7 Å². The SMILES string of the molecule is CCOc1ccccc1C(=O)N[C@H](C(=O)OCC(=O)c1ccc(F)cc1)C(C)C. The molecule has 1 N–H and O–H groups in total. The largest absolute Gasteiger partial charge is 0.493 e. The van der Waals surface area contributed by atoms with Gasteiger partial charge in [0.15, 0.2) is 12.4 Å². The lowest BCUT2D eigenvalue weighted by molar-refractivity contribution is -0.145. The third kappa shape index (κ3) is 6.14. The van der Waals surface area contributed by atoms with Gasteiger partial charge in [-0.15, -0.1) is 0 Å². The number of esters is 1. The van der Waals surface area contributed by atoms with Crippen LogP contribution in [0.2, 0.25) is 0 Å². The molecule has 29 heavy (non-hydrogen) atoms. The Kier molecular flexibility index (Phi) is 7.88. The predicted molar refractivity (Wildman–Crippen MR) is 105 cm³/mol. The molecule has 0 spiro atoms. The molecule has 154 valence electrons. The fourth-order valence-electron chi connectivity index (χ4n) is 2.60. The quantitative estimate of drug-likeness (QED) is 0.514. The number of rotatable bonds is 9. The van der Waals surface area contributed by atoms with Crippen molar-refractivity contribution in [1.82, 2.24) is 5.32 Å². The van der Waals surface area contributed by atoms with E-state index in [4.69, 9.17) is 9.47 Å². The molecule has 0 aliphatic heterocycles. The Morgan fingerprint density at radius 3 is 2.31 bits per heavy atom. The van der Waals surface area contributed by atoms with Gasteiger partial charge in [-0.1, -0.05) is 26.0 Å². The number of hydrogen-bond donors (Lipinski definition) is 1. The molecule has 0 aromatic heterocycles. The standard InChI is InChI=1S/C22H24FNO5/c1-4-28-19-8-6-5-7-17(19)21(26)24-20(14(2)3)22(27)29-13-18(25)15-9-11-16(23)12-10-15/h5-12,14,20H,4,13H2,1-3H3,(H,24,26)/t20-/m0/s1. The number of carbonyl (C=O) groups is 3. The molecule has 0 aliphatic rings. The van der Waals surface area contributed by atoms with Gasteiger partial charge >= 0.3 is 5.97 Å². The lowest BCUT2D eigenvalue weighted by Crippen LogP contribution is -2.45. The van der Waals surface area contributed by atoms with Crippen LogP contribution in [0.5, 0.6) is 5.75 Å². The van der Waals surface area contributed by atoms with Gasteiger partial charge in [0.2, 0.25) is 0 Å². The Morgan fingerprint density at radius 2 is 1.69 bits per heavy atom. The van der Waals surface area contributed by atoms with E-state index in [0.717, 1.165) is 12.1 Å². The van der Waals surface area contributed by atoms with Gasteiger partial charge < -0.3 is 14.8 Å². The maximum Gasteiger partial charge on any atom is 0.329 e. The van der Waals surface area contributed by atoms with Crippen molar-refractivity contribution in [3.8, 4) is 5.75 Å². The van der Waals surface area contributed by atoms with Gasteiger partial charge in [-0.3, -0.25) is 9.59 Å². The highest BCUT2D eigenvalue weighted by atomic mass is 19.1. The molecule has 0 saturated carbocycles. The van der Waals surface area contributed by atoms with Crippen LogP contribution in [0.3, 0.4) is 0 Å². The van der Waals surface area contributed by atoms with Crippen molar-refractivity contribution in [1.29, 1.82) is 0 Å². The first-order valence-electron chi connectivity index (χ1n) is 9.31. The number of halogens is 1. The zero-order valence-electron chi connectivity index (χ0n) is 16.6. The zero-order valence-corrected chi connectivity index (χ0v) is 16.6. The van der Waals surface area contributed by atoms with Gasteiger partial charge in [0.05, 0.1) is 12.2 Å². The van der Waals surface area contributed by atoms with Gasteiger partial charge in [-0.05, 0) is 49.2 Å². The van der Waals surface area contributed by atoms with Crippen molar-refractivity contribution in [3.63, 3.8) is 0 Å². The topological polar surface area (TPSA) is 81.7 Å². The lowest BCUT2D eigenvalue weighted by atomic mass is 10.0. The van der Waals surface area contributed by atoms with Crippen molar-refractivity contribution in [2.75, 3.05) is 13.2 Å². The number of hydrogen-bond acceptors (Lipinski definition) is 5. The van der Waals surface area contributed by atoms with Crippen molar-refractivity contribution in [3.05, 3.63) is 65.5 Å². The molecule has 7 heteroatoms. The molecule has 0 heterocycles. The smallest absolute Gasteiger partial charge is 0.329 e. The number of carbonyl (C=O) groups excluding carboxylic acids is 3. The van der Waals surface area contributed by atoms with Crippen LogP contribution in [0.4, 0.5) is 4.39 Å². The molecule has 0 radical (unpaired) electrons. The number of ether oxygens (including phenoxy) is 2. The maximum atomic E-state index is 13.0. The second kappa shape index (κ2) is 10.4. The summed E-state index contributed by atoms with van der Waals surface area (Å²) in [6, 6.07) is 10.7. The number of amides is 1. The summed E-state index contributed by atoms with van der Waals surface area (Å²) in [4.78, 5) is 37.2. The van der Waals surface area contributed by atoms with Crippen LogP contribution in [-0.2, 0) is 9.53 Å². The first kappa shape index (κ1) is 22.1. The van der Waals surface area contributed by atoms with E-state index in [1.54, 1.807) is 45.0 Å². The summed E-state index contributed by atoms with van der Waals surface area (Å²) in [5.41, 5.74) is 0.533. The number of nitrogens with one attached hydrogen (secondary N) is 1. The predicted octanol–water partition coefficient (Wildman–Crippen LogP) is 3.40. The number of benzene rings is 2. The molecule has 2 aromatic carbocycles. The molecule has 1 atom stereocenters. The van der Waals surface area contributed by atoms with Crippen LogP contribution >= 0.6 is 0 Å². The molecule has 0 unspecified atom stereocenters. The summed E-state index contributed by atoms with van der Waals surface area (Å²) in [6.07, 6.45) is 0. The lowest BCUT2D eigenvalue weighted by Gasteiger charge is -2.21. The van der Waals surface area contributed by atoms with E-state index in [1.807, 2.05) is 0 Å². The first-order valence-corrected chi connectivity index (χ1v) is 9.31. The van der Waals surface area contributed by atoms with Crippen LogP contribution in [0, 0.1) is 11.7 Å². The Hall–Kier alpha value is -3.22. The Balaban J connectivity index is 2.03. The highest BCUT2D eigenvalue weighted by Gasteiger charge is 2.27. The van der Waals surface area contributed by atoms with E-state index in [-0.39, 0.29) is 11.5 Å². The fourth-order valence-corrected chi connectivity index (χ4v) is 2.60. The van der Waals surface area contributed by atoms with Crippen LogP contribution in [0.1, 0.15) is 41.5 Å². The molecule has 0 saturated heterocycles. The van der Waals surface area contributed by atoms with Gasteiger partial charge in [-0.25, -0.2) is 9.18 Å². The number of ketones is 1. The summed E-state index contributed by atoms with van der Waals surface area (Å²) in [5, 5.41) is 2.65. The first-order chi connectivity index (χ1) is 13.8. The average molecular weight is 401 g/mol.